The van der Waals surface area contributed by atoms with Gasteiger partial charge in [0.25, 0.3) is 0 Å². The van der Waals surface area contributed by atoms with E-state index in [-0.39, 0.29) is 5.91 Å². The number of hydrogen-bond acceptors (Lipinski definition) is 3. The first-order valence-corrected chi connectivity index (χ1v) is 5.71. The number of amides is 1. The molecule has 1 amide bonds. The van der Waals surface area contributed by atoms with Crippen molar-refractivity contribution < 1.29 is 4.79 Å². The standard InChI is InChI=1S/C13H15N3O/c1-9-3-4-11(15-7-9)16-12(17)13(8-14)5-10(2)6-13/h3-4,7,10H,5-6H2,1-2H3,(H,15,16,17). The Bertz CT molecular complexity index is 466. The Morgan fingerprint density at radius 2 is 2.29 bits per heavy atom. The van der Waals surface area contributed by atoms with E-state index in [1.54, 1.807) is 12.3 Å². The topological polar surface area (TPSA) is 65.8 Å². The van der Waals surface area contributed by atoms with Gasteiger partial charge < -0.3 is 5.32 Å². The molecule has 4 nitrogen and oxygen atoms in total. The summed E-state index contributed by atoms with van der Waals surface area (Å²) in [7, 11) is 0. The lowest BCUT2D eigenvalue weighted by Gasteiger charge is -2.38. The summed E-state index contributed by atoms with van der Waals surface area (Å²) in [5, 5.41) is 11.8. The van der Waals surface area contributed by atoms with Gasteiger partial charge in [-0.1, -0.05) is 13.0 Å². The van der Waals surface area contributed by atoms with E-state index in [9.17, 15) is 4.79 Å². The zero-order chi connectivity index (χ0) is 12.5. The molecule has 0 aliphatic heterocycles. The molecule has 1 aliphatic rings. The fourth-order valence-electron chi connectivity index (χ4n) is 2.24. The highest BCUT2D eigenvalue weighted by atomic mass is 16.2. The first-order chi connectivity index (χ1) is 8.05. The molecule has 2 rings (SSSR count). The van der Waals surface area contributed by atoms with E-state index in [0.717, 1.165) is 5.56 Å². The van der Waals surface area contributed by atoms with E-state index < -0.39 is 5.41 Å². The van der Waals surface area contributed by atoms with Gasteiger partial charge in [-0.05, 0) is 37.3 Å². The Kier molecular flexibility index (Phi) is 2.84. The predicted molar refractivity (Wildman–Crippen MR) is 64.0 cm³/mol. The third-order valence-electron chi connectivity index (χ3n) is 3.20. The normalized spacial score (nSPS) is 26.8. The van der Waals surface area contributed by atoms with Crippen LogP contribution in [0, 0.1) is 29.6 Å². The molecule has 1 aromatic heterocycles. The first-order valence-electron chi connectivity index (χ1n) is 5.71. The molecule has 0 aromatic carbocycles. The lowest BCUT2D eigenvalue weighted by atomic mass is 9.63. The molecule has 4 heteroatoms. The molecule has 1 N–H and O–H groups in total. The molecule has 1 saturated carbocycles. The molecular weight excluding hydrogens is 214 g/mol. The second-order valence-electron chi connectivity index (χ2n) is 4.88. The van der Waals surface area contributed by atoms with Crippen LogP contribution in [0.2, 0.25) is 0 Å². The second-order valence-corrected chi connectivity index (χ2v) is 4.88. The fourth-order valence-corrected chi connectivity index (χ4v) is 2.24. The molecule has 1 aliphatic carbocycles. The van der Waals surface area contributed by atoms with Gasteiger partial charge in [0.1, 0.15) is 11.2 Å². The number of nitrogens with zero attached hydrogens (tertiary/aromatic N) is 2. The van der Waals surface area contributed by atoms with Crippen LogP contribution in [-0.2, 0) is 4.79 Å². The Morgan fingerprint density at radius 1 is 1.59 bits per heavy atom. The molecule has 0 unspecified atom stereocenters. The maximum absolute atomic E-state index is 12.0. The first kappa shape index (κ1) is 11.6. The number of hydrogen-bond donors (Lipinski definition) is 1. The highest BCUT2D eigenvalue weighted by Gasteiger charge is 2.49. The number of nitrogens with one attached hydrogen (secondary N) is 1. The van der Waals surface area contributed by atoms with Gasteiger partial charge in [-0.25, -0.2) is 4.98 Å². The Morgan fingerprint density at radius 3 is 2.76 bits per heavy atom. The molecule has 0 atom stereocenters. The van der Waals surface area contributed by atoms with Crippen LogP contribution in [0.5, 0.6) is 0 Å². The zero-order valence-electron chi connectivity index (χ0n) is 10.0. The lowest BCUT2D eigenvalue weighted by molar-refractivity contribution is -0.128. The van der Waals surface area contributed by atoms with Gasteiger partial charge in [-0.2, -0.15) is 5.26 Å². The van der Waals surface area contributed by atoms with E-state index in [1.807, 2.05) is 19.9 Å². The minimum Gasteiger partial charge on any atom is -0.309 e. The molecule has 0 radical (unpaired) electrons. The van der Waals surface area contributed by atoms with Crippen molar-refractivity contribution in [2.24, 2.45) is 11.3 Å². The third-order valence-corrected chi connectivity index (χ3v) is 3.20. The van der Waals surface area contributed by atoms with E-state index in [0.29, 0.717) is 24.6 Å². The predicted octanol–water partition coefficient (Wildman–Crippen LogP) is 2.27. The van der Waals surface area contributed by atoms with E-state index >= 15 is 0 Å². The molecule has 0 saturated heterocycles. The minimum absolute atomic E-state index is 0.227. The lowest BCUT2D eigenvalue weighted by Crippen LogP contribution is -2.45. The summed E-state index contributed by atoms with van der Waals surface area (Å²) in [6.07, 6.45) is 2.97. The van der Waals surface area contributed by atoms with E-state index in [2.05, 4.69) is 16.4 Å². The molecule has 0 bridgehead atoms. The average molecular weight is 229 g/mol. The van der Waals surface area contributed by atoms with Crippen molar-refractivity contribution in [3.8, 4) is 6.07 Å². The quantitative estimate of drug-likeness (QED) is 0.846. The third kappa shape index (κ3) is 2.14. The number of aromatic nitrogens is 1. The summed E-state index contributed by atoms with van der Waals surface area (Å²) in [4.78, 5) is 16.1. The number of pyridine rings is 1. The maximum atomic E-state index is 12.0. The largest absolute Gasteiger partial charge is 0.309 e. The highest BCUT2D eigenvalue weighted by Crippen LogP contribution is 2.45. The van der Waals surface area contributed by atoms with Gasteiger partial charge in [0.05, 0.1) is 6.07 Å². The monoisotopic (exact) mass is 229 g/mol. The number of carbonyl (C=O) groups is 1. The number of carbonyl (C=O) groups excluding carboxylic acids is 1. The molecule has 17 heavy (non-hydrogen) atoms. The molecule has 1 fully saturated rings. The number of aryl methyl sites for hydroxylation is 1. The van der Waals surface area contributed by atoms with Gasteiger partial charge in [0.2, 0.25) is 5.91 Å². The van der Waals surface area contributed by atoms with E-state index in [1.165, 1.54) is 0 Å². The van der Waals surface area contributed by atoms with Crippen molar-refractivity contribution in [1.29, 1.82) is 5.26 Å². The summed E-state index contributed by atoms with van der Waals surface area (Å²) in [5.74, 6) is 0.732. The number of nitriles is 1. The van der Waals surface area contributed by atoms with Crippen LogP contribution in [0.4, 0.5) is 5.82 Å². The van der Waals surface area contributed by atoms with Crippen molar-refractivity contribution in [3.63, 3.8) is 0 Å². The molecular formula is C13H15N3O. The van der Waals surface area contributed by atoms with Gasteiger partial charge in [-0.3, -0.25) is 4.79 Å². The van der Waals surface area contributed by atoms with Crippen LogP contribution in [0.3, 0.4) is 0 Å². The van der Waals surface area contributed by atoms with Crippen molar-refractivity contribution in [2.75, 3.05) is 5.32 Å². The summed E-state index contributed by atoms with van der Waals surface area (Å²) >= 11 is 0. The van der Waals surface area contributed by atoms with Gasteiger partial charge >= 0.3 is 0 Å². The van der Waals surface area contributed by atoms with Crippen LogP contribution in [-0.4, -0.2) is 10.9 Å². The Balaban J connectivity index is 2.07. The van der Waals surface area contributed by atoms with Crippen molar-refractivity contribution in [3.05, 3.63) is 23.9 Å². The minimum atomic E-state index is -0.841. The van der Waals surface area contributed by atoms with Gasteiger partial charge in [0, 0.05) is 6.20 Å². The van der Waals surface area contributed by atoms with Gasteiger partial charge in [0.15, 0.2) is 0 Å². The summed E-state index contributed by atoms with van der Waals surface area (Å²) in [6, 6.07) is 5.77. The average Bonchev–Trinajstić information content (AvgIpc) is 2.27. The fraction of sp³-hybridized carbons (Fsp3) is 0.462. The molecule has 0 spiro atoms. The van der Waals surface area contributed by atoms with E-state index in [4.69, 9.17) is 5.26 Å². The van der Waals surface area contributed by atoms with Crippen LogP contribution in [0.15, 0.2) is 18.3 Å². The van der Waals surface area contributed by atoms with Crippen LogP contribution < -0.4 is 5.32 Å². The number of anilines is 1. The SMILES string of the molecule is Cc1ccc(NC(=O)C2(C#N)CC(C)C2)nc1. The van der Waals surface area contributed by atoms with Crippen molar-refractivity contribution in [1.82, 2.24) is 4.98 Å². The van der Waals surface area contributed by atoms with Crippen LogP contribution in [0.25, 0.3) is 0 Å². The molecule has 1 heterocycles. The molecule has 88 valence electrons. The maximum Gasteiger partial charge on any atom is 0.246 e. The number of rotatable bonds is 2. The summed E-state index contributed by atoms with van der Waals surface area (Å²) in [5.41, 5.74) is 0.196. The Hall–Kier alpha value is -1.89. The highest BCUT2D eigenvalue weighted by molar-refractivity contribution is 5.97. The summed E-state index contributed by atoms with van der Waals surface area (Å²) < 4.78 is 0. The Labute approximate surface area is 101 Å². The zero-order valence-corrected chi connectivity index (χ0v) is 10.0. The van der Waals surface area contributed by atoms with Crippen molar-refractivity contribution in [2.45, 2.75) is 26.7 Å². The van der Waals surface area contributed by atoms with Crippen molar-refractivity contribution >= 4 is 11.7 Å². The van der Waals surface area contributed by atoms with Crippen LogP contribution in [0.1, 0.15) is 25.3 Å². The second kappa shape index (κ2) is 4.17. The van der Waals surface area contributed by atoms with Gasteiger partial charge in [-0.15, -0.1) is 0 Å². The summed E-state index contributed by atoms with van der Waals surface area (Å²) in [6.45, 7) is 3.98. The van der Waals surface area contributed by atoms with Crippen LogP contribution >= 0.6 is 0 Å². The smallest absolute Gasteiger partial charge is 0.246 e. The molecule has 1 aromatic rings.